The van der Waals surface area contributed by atoms with E-state index in [1.54, 1.807) is 0 Å². The molecule has 0 atom stereocenters. The van der Waals surface area contributed by atoms with E-state index in [1.807, 2.05) is 30.3 Å². The normalized spacial score (nSPS) is 11.2. The van der Waals surface area contributed by atoms with Crippen molar-refractivity contribution in [3.63, 3.8) is 0 Å². The molecule has 0 N–H and O–H groups in total. The number of benzene rings is 1. The van der Waals surface area contributed by atoms with Crippen molar-refractivity contribution in [2.45, 2.75) is 84.0 Å². The van der Waals surface area contributed by atoms with E-state index >= 15 is 0 Å². The van der Waals surface area contributed by atoms with Crippen LogP contribution < -0.4 is 17.1 Å². The highest BCUT2D eigenvalue weighted by Gasteiger charge is 2.14. The summed E-state index contributed by atoms with van der Waals surface area (Å²) in [6.07, 6.45) is 17.1. The predicted octanol–water partition coefficient (Wildman–Crippen LogP) is 3.85. The zero-order valence-electron chi connectivity index (χ0n) is 18.2. The van der Waals surface area contributed by atoms with Crippen LogP contribution >= 0.6 is 0 Å². The number of halogens is 1. The lowest BCUT2D eigenvalue weighted by Crippen LogP contribution is -3.00. The largest absolute Gasteiger partial charge is 1.00 e. The minimum Gasteiger partial charge on any atom is -1.00 e. The molecule has 0 fully saturated rings. The number of quaternary nitrogens is 1. The summed E-state index contributed by atoms with van der Waals surface area (Å²) in [6, 6.07) is 10.2. The minimum absolute atomic E-state index is 0. The SMILES string of the molecule is CCCCCCCCCCCCCC[N+](C)(C)CCOc1ccccc1.[Cl-]. The molecule has 0 aliphatic rings. The molecule has 0 saturated heterocycles. The van der Waals surface area contributed by atoms with Crippen molar-refractivity contribution in [3.8, 4) is 5.75 Å². The number of likely N-dealkylation sites (N-methyl/N-ethyl adjacent to an activating group) is 1. The van der Waals surface area contributed by atoms with Gasteiger partial charge in [0, 0.05) is 0 Å². The fraction of sp³-hybridized carbons (Fsp3) is 0.750. The zero-order valence-corrected chi connectivity index (χ0v) is 19.0. The average Bonchev–Trinajstić information content (AvgIpc) is 2.63. The van der Waals surface area contributed by atoms with Crippen LogP contribution in [0.5, 0.6) is 5.75 Å². The quantitative estimate of drug-likeness (QED) is 0.286. The number of hydrogen-bond donors (Lipinski definition) is 0. The smallest absolute Gasteiger partial charge is 0.137 e. The van der Waals surface area contributed by atoms with Gasteiger partial charge in [-0.2, -0.15) is 0 Å². The molecule has 0 spiro atoms. The monoisotopic (exact) mass is 397 g/mol. The molecule has 158 valence electrons. The highest BCUT2D eigenvalue weighted by molar-refractivity contribution is 5.20. The Kier molecular flexibility index (Phi) is 16.9. The number of rotatable bonds is 17. The second-order valence-corrected chi connectivity index (χ2v) is 8.43. The molecular weight excluding hydrogens is 354 g/mol. The van der Waals surface area contributed by atoms with Crippen molar-refractivity contribution >= 4 is 0 Å². The van der Waals surface area contributed by atoms with Crippen molar-refractivity contribution in [1.29, 1.82) is 0 Å². The third kappa shape index (κ3) is 16.0. The van der Waals surface area contributed by atoms with Crippen molar-refractivity contribution in [2.24, 2.45) is 0 Å². The van der Waals surface area contributed by atoms with Crippen LogP contribution in [-0.2, 0) is 0 Å². The van der Waals surface area contributed by atoms with E-state index in [4.69, 9.17) is 4.74 Å². The highest BCUT2D eigenvalue weighted by atomic mass is 35.5. The Balaban J connectivity index is 0.00000676. The maximum Gasteiger partial charge on any atom is 0.137 e. The second kappa shape index (κ2) is 17.4. The summed E-state index contributed by atoms with van der Waals surface area (Å²) < 4.78 is 6.90. The summed E-state index contributed by atoms with van der Waals surface area (Å²) in [6.45, 7) is 5.43. The Hall–Kier alpha value is -0.730. The Bertz CT molecular complexity index is 422. The maximum absolute atomic E-state index is 5.84. The molecule has 0 amide bonds. The van der Waals surface area contributed by atoms with Crippen LogP contribution in [0, 0.1) is 0 Å². The van der Waals surface area contributed by atoms with Gasteiger partial charge in [-0.25, -0.2) is 0 Å². The summed E-state index contributed by atoms with van der Waals surface area (Å²) in [5.74, 6) is 0.984. The van der Waals surface area contributed by atoms with E-state index in [2.05, 4.69) is 21.0 Å². The second-order valence-electron chi connectivity index (χ2n) is 8.43. The van der Waals surface area contributed by atoms with Crippen LogP contribution in [0.25, 0.3) is 0 Å². The molecule has 0 aromatic heterocycles. The Labute approximate surface area is 175 Å². The predicted molar refractivity (Wildman–Crippen MR) is 115 cm³/mol. The van der Waals surface area contributed by atoms with E-state index in [-0.39, 0.29) is 12.4 Å². The Morgan fingerprint density at radius 2 is 1.15 bits per heavy atom. The molecular formula is C24H44ClNO. The van der Waals surface area contributed by atoms with Gasteiger partial charge in [0.15, 0.2) is 0 Å². The molecule has 1 aromatic carbocycles. The number of hydrogen-bond acceptors (Lipinski definition) is 1. The van der Waals surface area contributed by atoms with Crippen molar-refractivity contribution in [1.82, 2.24) is 0 Å². The van der Waals surface area contributed by atoms with Crippen LogP contribution in [-0.4, -0.2) is 38.3 Å². The first-order valence-corrected chi connectivity index (χ1v) is 11.1. The number of ether oxygens (including phenoxy) is 1. The third-order valence-corrected chi connectivity index (χ3v) is 5.33. The topological polar surface area (TPSA) is 9.23 Å². The van der Waals surface area contributed by atoms with Gasteiger partial charge < -0.3 is 21.6 Å². The fourth-order valence-corrected chi connectivity index (χ4v) is 3.42. The van der Waals surface area contributed by atoms with Crippen LogP contribution in [0.15, 0.2) is 30.3 Å². The molecule has 27 heavy (non-hydrogen) atoms. The van der Waals surface area contributed by atoms with E-state index < -0.39 is 0 Å². The lowest BCUT2D eigenvalue weighted by atomic mass is 10.1. The minimum atomic E-state index is 0. The van der Waals surface area contributed by atoms with Gasteiger partial charge >= 0.3 is 0 Å². The van der Waals surface area contributed by atoms with Gasteiger partial charge in [0.2, 0.25) is 0 Å². The molecule has 0 unspecified atom stereocenters. The van der Waals surface area contributed by atoms with Gasteiger partial charge in [0.05, 0.1) is 20.6 Å². The Morgan fingerprint density at radius 3 is 1.67 bits per heavy atom. The van der Waals surface area contributed by atoms with Gasteiger partial charge in [-0.05, 0) is 25.0 Å². The fourth-order valence-electron chi connectivity index (χ4n) is 3.42. The molecule has 1 rings (SSSR count). The summed E-state index contributed by atoms with van der Waals surface area (Å²) in [4.78, 5) is 0. The molecule has 3 heteroatoms. The number of nitrogens with zero attached hydrogens (tertiary/aromatic N) is 1. The van der Waals surface area contributed by atoms with Gasteiger partial charge in [-0.3, -0.25) is 0 Å². The van der Waals surface area contributed by atoms with Crippen LogP contribution in [0.3, 0.4) is 0 Å². The lowest BCUT2D eigenvalue weighted by Gasteiger charge is -2.29. The molecule has 0 bridgehead atoms. The van der Waals surface area contributed by atoms with Crippen LogP contribution in [0.2, 0.25) is 0 Å². The molecule has 2 nitrogen and oxygen atoms in total. The molecule has 0 saturated carbocycles. The standard InChI is InChI=1S/C24H44NO.ClH/c1-4-5-6-7-8-9-10-11-12-13-14-18-21-25(2,3)22-23-26-24-19-16-15-17-20-24;/h15-17,19-20H,4-14,18,21-23H2,1-3H3;1H/q+1;/p-1. The first-order chi connectivity index (χ1) is 12.6. The van der Waals surface area contributed by atoms with E-state index in [0.717, 1.165) is 23.4 Å². The average molecular weight is 398 g/mol. The summed E-state index contributed by atoms with van der Waals surface area (Å²) in [7, 11) is 4.65. The highest BCUT2D eigenvalue weighted by Crippen LogP contribution is 2.13. The first-order valence-electron chi connectivity index (χ1n) is 11.1. The summed E-state index contributed by atoms with van der Waals surface area (Å²) in [5.41, 5.74) is 0. The lowest BCUT2D eigenvalue weighted by molar-refractivity contribution is -0.890. The maximum atomic E-state index is 5.84. The summed E-state index contributed by atoms with van der Waals surface area (Å²) >= 11 is 0. The molecule has 0 heterocycles. The van der Waals surface area contributed by atoms with Gasteiger partial charge in [0.25, 0.3) is 0 Å². The van der Waals surface area contributed by atoms with E-state index in [0.29, 0.717) is 0 Å². The van der Waals surface area contributed by atoms with Crippen molar-refractivity contribution in [2.75, 3.05) is 33.8 Å². The summed E-state index contributed by atoms with van der Waals surface area (Å²) in [5, 5.41) is 0. The van der Waals surface area contributed by atoms with Crippen LogP contribution in [0.4, 0.5) is 0 Å². The van der Waals surface area contributed by atoms with E-state index in [1.165, 1.54) is 83.6 Å². The molecule has 1 aromatic rings. The van der Waals surface area contributed by atoms with Crippen molar-refractivity contribution in [3.05, 3.63) is 30.3 Å². The number of unbranched alkanes of at least 4 members (excludes halogenated alkanes) is 11. The number of para-hydroxylation sites is 1. The van der Waals surface area contributed by atoms with E-state index in [9.17, 15) is 0 Å². The molecule has 0 aliphatic carbocycles. The van der Waals surface area contributed by atoms with Gasteiger partial charge in [-0.1, -0.05) is 89.3 Å². The molecule has 0 radical (unpaired) electrons. The Morgan fingerprint density at radius 1 is 0.667 bits per heavy atom. The van der Waals surface area contributed by atoms with Gasteiger partial charge in [-0.15, -0.1) is 0 Å². The zero-order chi connectivity index (χ0) is 18.9. The molecule has 0 aliphatic heterocycles. The third-order valence-electron chi connectivity index (χ3n) is 5.33. The van der Waals surface area contributed by atoms with Crippen molar-refractivity contribution < 1.29 is 21.6 Å². The van der Waals surface area contributed by atoms with Gasteiger partial charge in [0.1, 0.15) is 18.9 Å². The first kappa shape index (κ1) is 26.3. The van der Waals surface area contributed by atoms with Crippen LogP contribution in [0.1, 0.15) is 84.0 Å².